The average molecular weight is 292 g/mol. The molecular formula is C13H7Cl2N3O. The first-order chi connectivity index (χ1) is 9.10. The zero-order valence-corrected chi connectivity index (χ0v) is 11.0. The molecule has 0 atom stereocenters. The predicted molar refractivity (Wildman–Crippen MR) is 73.4 cm³/mol. The topological polar surface area (TPSA) is 65.8 Å². The molecule has 0 spiro atoms. The molecule has 0 unspecified atom stereocenters. The molecule has 2 rings (SSSR count). The van der Waals surface area contributed by atoms with Gasteiger partial charge in [0.1, 0.15) is 5.15 Å². The number of nitrogens with one attached hydrogen (secondary N) is 1. The summed E-state index contributed by atoms with van der Waals surface area (Å²) in [5, 5.41) is 12.0. The fourth-order valence-electron chi connectivity index (χ4n) is 1.39. The Balaban J connectivity index is 2.20. The van der Waals surface area contributed by atoms with Gasteiger partial charge in [0, 0.05) is 6.20 Å². The molecule has 1 aromatic heterocycles. The summed E-state index contributed by atoms with van der Waals surface area (Å²) in [5.41, 5.74) is 1.22. The van der Waals surface area contributed by atoms with Crippen LogP contribution in [0.2, 0.25) is 10.2 Å². The zero-order chi connectivity index (χ0) is 13.8. The number of amides is 1. The second-order valence-corrected chi connectivity index (χ2v) is 4.42. The van der Waals surface area contributed by atoms with Crippen molar-refractivity contribution in [3.8, 4) is 6.07 Å². The molecule has 2 aromatic rings. The van der Waals surface area contributed by atoms with Crippen LogP contribution in [0.4, 0.5) is 5.69 Å². The van der Waals surface area contributed by atoms with Crippen LogP contribution in [0, 0.1) is 11.3 Å². The molecule has 0 aliphatic rings. The maximum atomic E-state index is 11.9. The summed E-state index contributed by atoms with van der Waals surface area (Å²) in [6, 6.07) is 9.67. The molecule has 0 saturated heterocycles. The first-order valence-corrected chi connectivity index (χ1v) is 5.98. The van der Waals surface area contributed by atoms with E-state index in [0.717, 1.165) is 0 Å². The van der Waals surface area contributed by atoms with Crippen LogP contribution in [-0.2, 0) is 0 Å². The van der Waals surface area contributed by atoms with Crippen molar-refractivity contribution in [2.75, 3.05) is 5.32 Å². The van der Waals surface area contributed by atoms with E-state index in [2.05, 4.69) is 10.3 Å². The van der Waals surface area contributed by atoms with Gasteiger partial charge in [0.2, 0.25) is 0 Å². The van der Waals surface area contributed by atoms with Crippen LogP contribution < -0.4 is 5.32 Å². The molecule has 4 nitrogen and oxygen atoms in total. The van der Waals surface area contributed by atoms with Crippen LogP contribution >= 0.6 is 23.2 Å². The molecular weight excluding hydrogens is 285 g/mol. The van der Waals surface area contributed by atoms with E-state index in [1.807, 2.05) is 6.07 Å². The van der Waals surface area contributed by atoms with Gasteiger partial charge in [-0.3, -0.25) is 4.79 Å². The maximum Gasteiger partial charge on any atom is 0.257 e. The number of hydrogen-bond acceptors (Lipinski definition) is 3. The van der Waals surface area contributed by atoms with Crippen molar-refractivity contribution in [3.63, 3.8) is 0 Å². The predicted octanol–water partition coefficient (Wildman–Crippen LogP) is 3.51. The molecule has 1 amide bonds. The Hall–Kier alpha value is -2.09. The minimum atomic E-state index is -0.351. The fourth-order valence-corrected chi connectivity index (χ4v) is 1.73. The normalized spacial score (nSPS) is 9.74. The number of benzene rings is 1. The van der Waals surface area contributed by atoms with Gasteiger partial charge in [0.25, 0.3) is 5.91 Å². The second kappa shape index (κ2) is 5.70. The lowest BCUT2D eigenvalue weighted by Crippen LogP contribution is -2.12. The number of aromatic nitrogens is 1. The van der Waals surface area contributed by atoms with Crippen LogP contribution in [-0.4, -0.2) is 10.9 Å². The van der Waals surface area contributed by atoms with Gasteiger partial charge in [-0.15, -0.1) is 0 Å². The highest BCUT2D eigenvalue weighted by Crippen LogP contribution is 2.23. The minimum Gasteiger partial charge on any atom is -0.321 e. The number of hydrogen-bond donors (Lipinski definition) is 1. The summed E-state index contributed by atoms with van der Waals surface area (Å²) in [6.07, 6.45) is 1.37. The van der Waals surface area contributed by atoms with Crippen molar-refractivity contribution in [2.24, 2.45) is 0 Å². The monoisotopic (exact) mass is 291 g/mol. The van der Waals surface area contributed by atoms with E-state index in [-0.39, 0.29) is 5.91 Å². The summed E-state index contributed by atoms with van der Waals surface area (Å²) >= 11 is 11.6. The van der Waals surface area contributed by atoms with Crippen molar-refractivity contribution < 1.29 is 4.79 Å². The molecule has 0 aliphatic heterocycles. The largest absolute Gasteiger partial charge is 0.321 e. The van der Waals surface area contributed by atoms with E-state index >= 15 is 0 Å². The highest BCUT2D eigenvalue weighted by molar-refractivity contribution is 6.34. The number of carbonyl (C=O) groups excluding carboxylic acids is 1. The SMILES string of the molecule is N#Cc1ccc(NC(=O)c2ccc(Cl)nc2)c(Cl)c1. The molecule has 1 aromatic carbocycles. The van der Waals surface area contributed by atoms with Gasteiger partial charge in [-0.2, -0.15) is 5.26 Å². The van der Waals surface area contributed by atoms with Gasteiger partial charge < -0.3 is 5.32 Å². The molecule has 0 bridgehead atoms. The van der Waals surface area contributed by atoms with E-state index in [4.69, 9.17) is 28.5 Å². The Bertz CT molecular complexity index is 663. The lowest BCUT2D eigenvalue weighted by atomic mass is 10.2. The molecule has 0 fully saturated rings. The Morgan fingerprint density at radius 3 is 2.63 bits per heavy atom. The van der Waals surface area contributed by atoms with Crippen molar-refractivity contribution in [1.82, 2.24) is 4.98 Å². The number of carbonyl (C=O) groups is 1. The van der Waals surface area contributed by atoms with Crippen molar-refractivity contribution in [3.05, 3.63) is 57.8 Å². The highest BCUT2D eigenvalue weighted by atomic mass is 35.5. The second-order valence-electron chi connectivity index (χ2n) is 3.63. The quantitative estimate of drug-likeness (QED) is 0.861. The number of halogens is 2. The molecule has 94 valence electrons. The Morgan fingerprint density at radius 1 is 1.26 bits per heavy atom. The molecule has 0 radical (unpaired) electrons. The van der Waals surface area contributed by atoms with Gasteiger partial charge in [0.05, 0.1) is 27.9 Å². The van der Waals surface area contributed by atoms with Crippen molar-refractivity contribution >= 4 is 34.8 Å². The molecule has 6 heteroatoms. The van der Waals surface area contributed by atoms with Gasteiger partial charge in [-0.05, 0) is 30.3 Å². The van der Waals surface area contributed by atoms with E-state index in [1.54, 1.807) is 18.2 Å². The summed E-state index contributed by atoms with van der Waals surface area (Å²) in [6.45, 7) is 0. The first-order valence-electron chi connectivity index (χ1n) is 5.22. The average Bonchev–Trinajstić information content (AvgIpc) is 2.41. The molecule has 0 saturated carbocycles. The lowest BCUT2D eigenvalue weighted by molar-refractivity contribution is 0.102. The molecule has 19 heavy (non-hydrogen) atoms. The smallest absolute Gasteiger partial charge is 0.257 e. The van der Waals surface area contributed by atoms with E-state index in [0.29, 0.717) is 27.0 Å². The van der Waals surface area contributed by atoms with E-state index < -0.39 is 0 Å². The van der Waals surface area contributed by atoms with Crippen LogP contribution in [0.15, 0.2) is 36.5 Å². The number of pyridine rings is 1. The fraction of sp³-hybridized carbons (Fsp3) is 0. The number of anilines is 1. The summed E-state index contributed by atoms with van der Waals surface area (Å²) in [4.78, 5) is 15.7. The zero-order valence-electron chi connectivity index (χ0n) is 9.52. The third-order valence-electron chi connectivity index (χ3n) is 2.34. The number of nitriles is 1. The van der Waals surface area contributed by atoms with E-state index in [1.165, 1.54) is 18.3 Å². The highest BCUT2D eigenvalue weighted by Gasteiger charge is 2.09. The van der Waals surface area contributed by atoms with Crippen molar-refractivity contribution in [2.45, 2.75) is 0 Å². The van der Waals surface area contributed by atoms with Gasteiger partial charge in [-0.25, -0.2) is 4.98 Å². The molecule has 1 heterocycles. The number of nitrogens with zero attached hydrogens (tertiary/aromatic N) is 2. The van der Waals surface area contributed by atoms with Crippen LogP contribution in [0.1, 0.15) is 15.9 Å². The Morgan fingerprint density at radius 2 is 2.05 bits per heavy atom. The van der Waals surface area contributed by atoms with Crippen LogP contribution in [0.5, 0.6) is 0 Å². The maximum absolute atomic E-state index is 11.9. The van der Waals surface area contributed by atoms with Gasteiger partial charge >= 0.3 is 0 Å². The molecule has 0 aliphatic carbocycles. The molecule has 1 N–H and O–H groups in total. The summed E-state index contributed by atoms with van der Waals surface area (Å²) < 4.78 is 0. The lowest BCUT2D eigenvalue weighted by Gasteiger charge is -2.07. The summed E-state index contributed by atoms with van der Waals surface area (Å²) in [7, 11) is 0. The standard InChI is InChI=1S/C13H7Cl2N3O/c14-10-5-8(6-16)1-3-11(10)18-13(19)9-2-4-12(15)17-7-9/h1-5,7H,(H,18,19). The minimum absolute atomic E-state index is 0.300. The first kappa shape index (κ1) is 13.3. The third kappa shape index (κ3) is 3.22. The van der Waals surface area contributed by atoms with Crippen LogP contribution in [0.3, 0.4) is 0 Å². The van der Waals surface area contributed by atoms with Gasteiger partial charge in [-0.1, -0.05) is 23.2 Å². The van der Waals surface area contributed by atoms with Crippen LogP contribution in [0.25, 0.3) is 0 Å². The van der Waals surface area contributed by atoms with Crippen molar-refractivity contribution in [1.29, 1.82) is 5.26 Å². The van der Waals surface area contributed by atoms with E-state index in [9.17, 15) is 4.79 Å². The Kier molecular flexibility index (Phi) is 4.00. The summed E-state index contributed by atoms with van der Waals surface area (Å²) in [5.74, 6) is -0.351. The third-order valence-corrected chi connectivity index (χ3v) is 2.87. The van der Waals surface area contributed by atoms with Gasteiger partial charge in [0.15, 0.2) is 0 Å². The number of rotatable bonds is 2. The Labute approximate surface area is 119 Å².